The van der Waals surface area contributed by atoms with E-state index >= 15 is 0 Å². The van der Waals surface area contributed by atoms with Crippen molar-refractivity contribution in [1.29, 1.82) is 0 Å². The molecule has 2 heterocycles. The Bertz CT molecular complexity index is 397. The van der Waals surface area contributed by atoms with Gasteiger partial charge in [0.25, 0.3) is 0 Å². The highest BCUT2D eigenvalue weighted by atomic mass is 79.9. The first-order valence-electron chi connectivity index (χ1n) is 4.13. The third-order valence-corrected chi connectivity index (χ3v) is 2.84. The molecular weight excluding hydrogens is 232 g/mol. The van der Waals surface area contributed by atoms with Gasteiger partial charge in [-0.1, -0.05) is 22.0 Å². The van der Waals surface area contributed by atoms with Gasteiger partial charge in [-0.25, -0.2) is 0 Å². The molecule has 0 saturated heterocycles. The van der Waals surface area contributed by atoms with E-state index in [0.29, 0.717) is 6.61 Å². The molecule has 4 heteroatoms. The first-order valence-corrected chi connectivity index (χ1v) is 4.92. The molecule has 0 unspecified atom stereocenters. The maximum atomic E-state index is 5.56. The van der Waals surface area contributed by atoms with E-state index in [1.165, 1.54) is 5.56 Å². The maximum Gasteiger partial charge on any atom is 0.228 e. The average Bonchev–Trinajstić information content (AvgIpc) is 2.87. The third-order valence-electron chi connectivity index (χ3n) is 2.34. The van der Waals surface area contributed by atoms with E-state index in [4.69, 9.17) is 4.74 Å². The molecule has 2 aliphatic heterocycles. The zero-order valence-corrected chi connectivity index (χ0v) is 8.41. The zero-order chi connectivity index (χ0) is 8.89. The highest BCUT2D eigenvalue weighted by Gasteiger charge is 2.44. The van der Waals surface area contributed by atoms with Gasteiger partial charge >= 0.3 is 0 Å². The molecule has 13 heavy (non-hydrogen) atoms. The van der Waals surface area contributed by atoms with E-state index in [1.54, 1.807) is 0 Å². The van der Waals surface area contributed by atoms with Gasteiger partial charge in [0, 0.05) is 10.9 Å². The van der Waals surface area contributed by atoms with Gasteiger partial charge in [-0.2, -0.15) is 10.2 Å². The summed E-state index contributed by atoms with van der Waals surface area (Å²) in [4.78, 5) is 0. The zero-order valence-electron chi connectivity index (χ0n) is 6.83. The summed E-state index contributed by atoms with van der Waals surface area (Å²) >= 11 is 3.41. The summed E-state index contributed by atoms with van der Waals surface area (Å²) < 4.78 is 6.61. The maximum absolute atomic E-state index is 5.56. The lowest BCUT2D eigenvalue weighted by molar-refractivity contribution is 0.240. The fourth-order valence-electron chi connectivity index (χ4n) is 1.56. The Morgan fingerprint density at radius 2 is 2.23 bits per heavy atom. The lowest BCUT2D eigenvalue weighted by Crippen LogP contribution is -2.29. The first kappa shape index (κ1) is 7.50. The van der Waals surface area contributed by atoms with E-state index in [1.807, 2.05) is 12.1 Å². The second kappa shape index (κ2) is 2.32. The van der Waals surface area contributed by atoms with Gasteiger partial charge in [0.15, 0.2) is 0 Å². The topological polar surface area (TPSA) is 34.0 Å². The largest absolute Gasteiger partial charge is 0.489 e. The van der Waals surface area contributed by atoms with Crippen LogP contribution in [0.15, 0.2) is 32.9 Å². The summed E-state index contributed by atoms with van der Waals surface area (Å²) in [6, 6.07) is 6.07. The molecular formula is C9H7BrN2O. The highest BCUT2D eigenvalue weighted by molar-refractivity contribution is 9.10. The van der Waals surface area contributed by atoms with Crippen LogP contribution >= 0.6 is 15.9 Å². The molecule has 0 fully saturated rings. The number of fused-ring (bicyclic) bond motifs is 1. The monoisotopic (exact) mass is 238 g/mol. The van der Waals surface area contributed by atoms with Crippen molar-refractivity contribution in [2.24, 2.45) is 10.2 Å². The van der Waals surface area contributed by atoms with Gasteiger partial charge < -0.3 is 4.74 Å². The fourth-order valence-corrected chi connectivity index (χ4v) is 1.90. The second-order valence-corrected chi connectivity index (χ2v) is 4.32. The van der Waals surface area contributed by atoms with Crippen molar-refractivity contribution in [2.45, 2.75) is 12.1 Å². The third kappa shape index (κ3) is 1.16. The molecule has 3 rings (SSSR count). The van der Waals surface area contributed by atoms with Crippen LogP contribution in [0.25, 0.3) is 0 Å². The summed E-state index contributed by atoms with van der Waals surface area (Å²) in [6.07, 6.45) is 0.885. The Balaban J connectivity index is 2.01. The normalized spacial score (nSPS) is 21.0. The minimum atomic E-state index is -0.221. The Kier molecular flexibility index (Phi) is 1.34. The highest BCUT2D eigenvalue weighted by Crippen LogP contribution is 2.40. The lowest BCUT2D eigenvalue weighted by Gasteiger charge is -2.21. The molecule has 66 valence electrons. The molecule has 1 aromatic rings. The summed E-state index contributed by atoms with van der Waals surface area (Å²) in [5.74, 6) is 0.956. The van der Waals surface area contributed by atoms with Gasteiger partial charge in [-0.05, 0) is 17.7 Å². The molecule has 0 saturated carbocycles. The van der Waals surface area contributed by atoms with Crippen LogP contribution < -0.4 is 4.74 Å². The van der Waals surface area contributed by atoms with Crippen molar-refractivity contribution in [3.05, 3.63) is 28.2 Å². The van der Waals surface area contributed by atoms with Crippen LogP contribution in [-0.4, -0.2) is 12.3 Å². The van der Waals surface area contributed by atoms with Crippen LogP contribution in [0.4, 0.5) is 0 Å². The predicted molar refractivity (Wildman–Crippen MR) is 50.9 cm³/mol. The molecule has 0 aromatic heterocycles. The van der Waals surface area contributed by atoms with Gasteiger partial charge in [0.1, 0.15) is 12.4 Å². The van der Waals surface area contributed by atoms with Crippen molar-refractivity contribution in [2.75, 3.05) is 6.61 Å². The number of hydrogen-bond acceptors (Lipinski definition) is 3. The van der Waals surface area contributed by atoms with Crippen LogP contribution in [0.3, 0.4) is 0 Å². The SMILES string of the molecule is Brc1ccc2c(c1)OCC1(C2)N=N1. The predicted octanol–water partition coefficient (Wildman–Crippen LogP) is 2.55. The molecule has 3 nitrogen and oxygen atoms in total. The van der Waals surface area contributed by atoms with Crippen molar-refractivity contribution in [3.63, 3.8) is 0 Å². The molecule has 0 aliphatic carbocycles. The van der Waals surface area contributed by atoms with Crippen molar-refractivity contribution >= 4 is 15.9 Å². The smallest absolute Gasteiger partial charge is 0.228 e. The summed E-state index contributed by atoms with van der Waals surface area (Å²) in [7, 11) is 0. The number of benzene rings is 1. The van der Waals surface area contributed by atoms with Crippen LogP contribution in [0.1, 0.15) is 5.56 Å². The number of rotatable bonds is 0. The average molecular weight is 239 g/mol. The van der Waals surface area contributed by atoms with Crippen molar-refractivity contribution in [3.8, 4) is 5.75 Å². The van der Waals surface area contributed by atoms with Crippen molar-refractivity contribution in [1.82, 2.24) is 0 Å². The summed E-state index contributed by atoms with van der Waals surface area (Å²) in [5, 5.41) is 8.01. The van der Waals surface area contributed by atoms with E-state index in [2.05, 4.69) is 32.2 Å². The molecule has 2 aliphatic rings. The van der Waals surface area contributed by atoms with Gasteiger partial charge in [0.2, 0.25) is 5.66 Å². The number of nitrogens with zero attached hydrogens (tertiary/aromatic N) is 2. The Morgan fingerprint density at radius 1 is 1.38 bits per heavy atom. The first-order chi connectivity index (χ1) is 6.27. The summed E-state index contributed by atoms with van der Waals surface area (Å²) in [5.41, 5.74) is 0.973. The standard InChI is InChI=1S/C9H7BrN2O/c10-7-2-1-6-4-9(11-12-9)5-13-8(6)3-7/h1-3H,4-5H2. The quantitative estimate of drug-likeness (QED) is 0.684. The van der Waals surface area contributed by atoms with Crippen LogP contribution in [0.5, 0.6) is 5.75 Å². The minimum absolute atomic E-state index is 0.221. The fraction of sp³-hybridized carbons (Fsp3) is 0.333. The number of hydrogen-bond donors (Lipinski definition) is 0. The Hall–Kier alpha value is -0.900. The van der Waals surface area contributed by atoms with Crippen LogP contribution in [-0.2, 0) is 6.42 Å². The minimum Gasteiger partial charge on any atom is -0.489 e. The van der Waals surface area contributed by atoms with E-state index < -0.39 is 0 Å². The second-order valence-electron chi connectivity index (χ2n) is 3.40. The molecule has 0 bridgehead atoms. The Morgan fingerprint density at radius 3 is 3.00 bits per heavy atom. The number of halogens is 1. The Labute approximate surface area is 83.9 Å². The van der Waals surface area contributed by atoms with Gasteiger partial charge in [-0.3, -0.25) is 0 Å². The van der Waals surface area contributed by atoms with E-state index in [-0.39, 0.29) is 5.66 Å². The van der Waals surface area contributed by atoms with Crippen LogP contribution in [0, 0.1) is 0 Å². The van der Waals surface area contributed by atoms with E-state index in [0.717, 1.165) is 16.6 Å². The number of ether oxygens (including phenoxy) is 1. The van der Waals surface area contributed by atoms with E-state index in [9.17, 15) is 0 Å². The van der Waals surface area contributed by atoms with Crippen molar-refractivity contribution < 1.29 is 4.74 Å². The molecule has 1 spiro atoms. The molecule has 0 atom stereocenters. The van der Waals surface area contributed by atoms with Crippen LogP contribution in [0.2, 0.25) is 0 Å². The van der Waals surface area contributed by atoms with Gasteiger partial charge in [0.05, 0.1) is 0 Å². The molecule has 0 amide bonds. The molecule has 1 aromatic carbocycles. The van der Waals surface area contributed by atoms with Gasteiger partial charge in [-0.15, -0.1) is 0 Å². The molecule has 0 N–H and O–H groups in total. The molecule has 0 radical (unpaired) electrons. The lowest BCUT2D eigenvalue weighted by atomic mass is 10.0. The summed E-state index contributed by atoms with van der Waals surface area (Å²) in [6.45, 7) is 0.594.